The largest absolute Gasteiger partial charge is 0.468 e. The number of carbonyl (C=O) groups is 2. The van der Waals surface area contributed by atoms with E-state index in [1.54, 1.807) is 0 Å². The smallest absolute Gasteiger partial charge is 0.325 e. The van der Waals surface area contributed by atoms with Crippen LogP contribution >= 0.6 is 0 Å². The van der Waals surface area contributed by atoms with Crippen LogP contribution in [0.1, 0.15) is 33.1 Å². The van der Waals surface area contributed by atoms with Crippen LogP contribution in [0.2, 0.25) is 0 Å². The van der Waals surface area contributed by atoms with Crippen LogP contribution in [0.3, 0.4) is 0 Å². The third kappa shape index (κ3) is 4.76. The molecular formula is C14H26N2O4. The molecule has 1 N–H and O–H groups in total. The first-order chi connectivity index (χ1) is 9.61. The Kier molecular flexibility index (Phi) is 7.54. The van der Waals surface area contributed by atoms with Crippen LogP contribution in [-0.2, 0) is 19.1 Å². The van der Waals surface area contributed by atoms with Crippen LogP contribution in [0, 0.1) is 0 Å². The Morgan fingerprint density at radius 2 is 2.20 bits per heavy atom. The van der Waals surface area contributed by atoms with Gasteiger partial charge in [-0.2, -0.15) is 0 Å². The lowest BCUT2D eigenvalue weighted by atomic mass is 10.1. The fourth-order valence-electron chi connectivity index (χ4n) is 2.30. The predicted octanol–water partition coefficient (Wildman–Crippen LogP) is 0.555. The lowest BCUT2D eigenvalue weighted by Crippen LogP contribution is -2.57. The number of carbonyl (C=O) groups excluding carboxylic acids is 2. The Bertz CT molecular complexity index is 322. The summed E-state index contributed by atoms with van der Waals surface area (Å²) in [7, 11) is 1.35. The molecule has 0 aromatic carbocycles. The lowest BCUT2D eigenvalue weighted by molar-refractivity contribution is -0.156. The average Bonchev–Trinajstić information content (AvgIpc) is 2.49. The second-order valence-corrected chi connectivity index (χ2v) is 5.03. The van der Waals surface area contributed by atoms with Gasteiger partial charge in [0.15, 0.2) is 0 Å². The van der Waals surface area contributed by atoms with Gasteiger partial charge in [-0.25, -0.2) is 0 Å². The summed E-state index contributed by atoms with van der Waals surface area (Å²) in [6, 6.07) is -0.852. The number of rotatable bonds is 7. The van der Waals surface area contributed by atoms with Crippen LogP contribution in [0.5, 0.6) is 0 Å². The van der Waals surface area contributed by atoms with Crippen LogP contribution < -0.4 is 5.32 Å². The highest BCUT2D eigenvalue weighted by Gasteiger charge is 2.35. The summed E-state index contributed by atoms with van der Waals surface area (Å²) in [6.07, 6.45) is 3.22. The maximum Gasteiger partial charge on any atom is 0.325 e. The molecule has 2 unspecified atom stereocenters. The van der Waals surface area contributed by atoms with E-state index in [0.717, 1.165) is 19.3 Å². The fourth-order valence-corrected chi connectivity index (χ4v) is 2.30. The van der Waals surface area contributed by atoms with Gasteiger partial charge in [-0.15, -0.1) is 0 Å². The Morgan fingerprint density at radius 1 is 1.45 bits per heavy atom. The van der Waals surface area contributed by atoms with Gasteiger partial charge in [0.25, 0.3) is 0 Å². The van der Waals surface area contributed by atoms with E-state index in [4.69, 9.17) is 9.47 Å². The van der Waals surface area contributed by atoms with E-state index in [2.05, 4.69) is 12.2 Å². The molecule has 1 amide bonds. The molecule has 0 saturated carbocycles. The van der Waals surface area contributed by atoms with E-state index in [1.807, 2.05) is 11.8 Å². The molecule has 1 rings (SSSR count). The van der Waals surface area contributed by atoms with Crippen molar-refractivity contribution in [1.82, 2.24) is 10.2 Å². The van der Waals surface area contributed by atoms with E-state index in [1.165, 1.54) is 7.11 Å². The van der Waals surface area contributed by atoms with Crippen LogP contribution in [0.25, 0.3) is 0 Å². The van der Waals surface area contributed by atoms with E-state index < -0.39 is 6.04 Å². The van der Waals surface area contributed by atoms with Gasteiger partial charge in [-0.05, 0) is 13.3 Å². The van der Waals surface area contributed by atoms with Crippen molar-refractivity contribution in [3.63, 3.8) is 0 Å². The minimum Gasteiger partial charge on any atom is -0.468 e. The second kappa shape index (κ2) is 8.92. The summed E-state index contributed by atoms with van der Waals surface area (Å²) in [5, 5.41) is 2.92. The molecular weight excluding hydrogens is 260 g/mol. The third-order valence-corrected chi connectivity index (χ3v) is 3.60. The van der Waals surface area contributed by atoms with Gasteiger partial charge in [0.05, 0.1) is 26.4 Å². The molecule has 1 heterocycles. The number of esters is 1. The minimum absolute atomic E-state index is 0.0445. The summed E-state index contributed by atoms with van der Waals surface area (Å²) < 4.78 is 10.1. The monoisotopic (exact) mass is 286 g/mol. The predicted molar refractivity (Wildman–Crippen MR) is 75.3 cm³/mol. The average molecular weight is 286 g/mol. The third-order valence-electron chi connectivity index (χ3n) is 3.60. The lowest BCUT2D eigenvalue weighted by Gasteiger charge is -2.37. The summed E-state index contributed by atoms with van der Waals surface area (Å²) >= 11 is 0. The summed E-state index contributed by atoms with van der Waals surface area (Å²) in [6.45, 7) is 5.99. The number of unbranched alkanes of at least 4 members (excludes halogenated alkanes) is 2. The topological polar surface area (TPSA) is 67.9 Å². The molecule has 0 aromatic heterocycles. The summed E-state index contributed by atoms with van der Waals surface area (Å²) in [5.74, 6) is -0.396. The zero-order valence-electron chi connectivity index (χ0n) is 12.7. The Labute approximate surface area is 120 Å². The Morgan fingerprint density at radius 3 is 2.85 bits per heavy atom. The van der Waals surface area contributed by atoms with Crippen molar-refractivity contribution in [1.29, 1.82) is 0 Å². The van der Waals surface area contributed by atoms with Crippen LogP contribution in [0.15, 0.2) is 0 Å². The maximum atomic E-state index is 12.1. The van der Waals surface area contributed by atoms with Gasteiger partial charge in [-0.1, -0.05) is 19.8 Å². The highest BCUT2D eigenvalue weighted by molar-refractivity contribution is 5.83. The first-order valence-electron chi connectivity index (χ1n) is 7.30. The number of hydrogen-bond donors (Lipinski definition) is 1. The van der Waals surface area contributed by atoms with Gasteiger partial charge in [0.2, 0.25) is 5.91 Å². The van der Waals surface area contributed by atoms with Crippen molar-refractivity contribution < 1.29 is 19.1 Å². The van der Waals surface area contributed by atoms with Gasteiger partial charge >= 0.3 is 5.97 Å². The van der Waals surface area contributed by atoms with Crippen LogP contribution in [-0.4, -0.2) is 62.3 Å². The number of amides is 1. The van der Waals surface area contributed by atoms with E-state index >= 15 is 0 Å². The van der Waals surface area contributed by atoms with E-state index in [-0.39, 0.29) is 24.5 Å². The van der Waals surface area contributed by atoms with Crippen molar-refractivity contribution >= 4 is 11.9 Å². The van der Waals surface area contributed by atoms with E-state index in [9.17, 15) is 9.59 Å². The number of nitrogens with zero attached hydrogens (tertiary/aromatic N) is 1. The molecule has 0 bridgehead atoms. The van der Waals surface area contributed by atoms with Gasteiger partial charge in [0, 0.05) is 13.1 Å². The number of nitrogens with one attached hydrogen (secondary N) is 1. The Hall–Kier alpha value is -1.14. The second-order valence-electron chi connectivity index (χ2n) is 5.03. The number of methoxy groups -OCH3 is 1. The zero-order chi connectivity index (χ0) is 15.0. The first kappa shape index (κ1) is 16.9. The van der Waals surface area contributed by atoms with Crippen molar-refractivity contribution in [2.24, 2.45) is 0 Å². The first-order valence-corrected chi connectivity index (χ1v) is 7.30. The zero-order valence-corrected chi connectivity index (χ0v) is 12.7. The molecule has 1 aliphatic rings. The quantitative estimate of drug-likeness (QED) is 0.547. The molecule has 2 atom stereocenters. The van der Waals surface area contributed by atoms with Gasteiger partial charge < -0.3 is 14.8 Å². The molecule has 116 valence electrons. The molecule has 6 nitrogen and oxygen atoms in total. The molecule has 0 spiro atoms. The molecule has 6 heteroatoms. The van der Waals surface area contributed by atoms with Crippen molar-refractivity contribution in [2.45, 2.75) is 45.2 Å². The number of ether oxygens (including phenoxy) is 2. The number of morpholine rings is 1. The minimum atomic E-state index is -0.495. The standard InChI is InChI=1S/C14H26N2O4/c1-4-5-6-7-15-13(17)11(2)16-8-9-20-10-12(16)14(18)19-3/h11-12H,4-10H2,1-3H3,(H,15,17). The molecule has 1 saturated heterocycles. The molecule has 1 fully saturated rings. The summed E-state index contributed by atoms with van der Waals surface area (Å²) in [5.41, 5.74) is 0. The van der Waals surface area contributed by atoms with Gasteiger partial charge in [0.1, 0.15) is 6.04 Å². The summed E-state index contributed by atoms with van der Waals surface area (Å²) in [4.78, 5) is 25.7. The molecule has 0 aliphatic carbocycles. The molecule has 20 heavy (non-hydrogen) atoms. The number of hydrogen-bond acceptors (Lipinski definition) is 5. The Balaban J connectivity index is 2.51. The van der Waals surface area contributed by atoms with Gasteiger partial charge in [-0.3, -0.25) is 14.5 Å². The fraction of sp³-hybridized carbons (Fsp3) is 0.857. The highest BCUT2D eigenvalue weighted by atomic mass is 16.5. The van der Waals surface area contributed by atoms with Crippen LogP contribution in [0.4, 0.5) is 0 Å². The van der Waals surface area contributed by atoms with E-state index in [0.29, 0.717) is 19.7 Å². The highest BCUT2D eigenvalue weighted by Crippen LogP contribution is 2.13. The SMILES string of the molecule is CCCCCNC(=O)C(C)N1CCOCC1C(=O)OC. The molecule has 0 radical (unpaired) electrons. The normalized spacial score (nSPS) is 21.2. The van der Waals surface area contributed by atoms with Crippen molar-refractivity contribution in [3.8, 4) is 0 Å². The molecule has 0 aromatic rings. The van der Waals surface area contributed by atoms with Crippen molar-refractivity contribution in [2.75, 3.05) is 33.4 Å². The maximum absolute atomic E-state index is 12.1. The molecule has 1 aliphatic heterocycles. The van der Waals surface area contributed by atoms with Crippen molar-refractivity contribution in [3.05, 3.63) is 0 Å².